The van der Waals surface area contributed by atoms with Crippen LogP contribution in [0.1, 0.15) is 36.9 Å². The van der Waals surface area contributed by atoms with Crippen molar-refractivity contribution in [2.24, 2.45) is 10.9 Å². The van der Waals surface area contributed by atoms with Gasteiger partial charge in [0.15, 0.2) is 5.96 Å². The zero-order valence-corrected chi connectivity index (χ0v) is 20.5. The van der Waals surface area contributed by atoms with Gasteiger partial charge in [0, 0.05) is 58.7 Å². The Labute approximate surface area is 197 Å². The summed E-state index contributed by atoms with van der Waals surface area (Å²) in [5.74, 6) is 1.69. The molecule has 1 aromatic carbocycles. The topological polar surface area (TPSA) is 48.7 Å². The number of hydrogen-bond acceptors (Lipinski definition) is 3. The highest BCUT2D eigenvalue weighted by atomic mass is 127. The van der Waals surface area contributed by atoms with E-state index in [0.29, 0.717) is 12.0 Å². The molecule has 1 fully saturated rings. The van der Waals surface area contributed by atoms with Crippen molar-refractivity contribution in [3.05, 3.63) is 54.1 Å². The zero-order chi connectivity index (χ0) is 20.1. The number of likely N-dealkylation sites (tertiary alicyclic amines) is 1. The standard InChI is InChI=1S/C23H34N6.HI/c1-19-8-14-28(17-22(19)29-15-11-25-18-29)23(24-2)26-10-5-12-27-13-9-20-6-3-4-7-21(20)16-27;/h3-4,6-7,11,15,18-19,22H,5,8-10,12-14,16-17H2,1-2H3,(H,24,26);1H. The summed E-state index contributed by atoms with van der Waals surface area (Å²) in [5.41, 5.74) is 3.02. The van der Waals surface area contributed by atoms with Gasteiger partial charge in [0.2, 0.25) is 0 Å². The van der Waals surface area contributed by atoms with Gasteiger partial charge in [0.05, 0.1) is 12.4 Å². The first-order valence-corrected chi connectivity index (χ1v) is 11.0. The van der Waals surface area contributed by atoms with Gasteiger partial charge in [-0.15, -0.1) is 24.0 Å². The number of piperidine rings is 1. The highest BCUT2D eigenvalue weighted by Gasteiger charge is 2.28. The molecule has 3 heterocycles. The minimum absolute atomic E-state index is 0. The summed E-state index contributed by atoms with van der Waals surface area (Å²) in [6, 6.07) is 9.32. The van der Waals surface area contributed by atoms with Crippen LogP contribution in [0.5, 0.6) is 0 Å². The summed E-state index contributed by atoms with van der Waals surface area (Å²) in [7, 11) is 1.90. The van der Waals surface area contributed by atoms with Gasteiger partial charge in [-0.25, -0.2) is 4.98 Å². The number of fused-ring (bicyclic) bond motifs is 1. The van der Waals surface area contributed by atoms with E-state index in [9.17, 15) is 0 Å². The van der Waals surface area contributed by atoms with Crippen LogP contribution < -0.4 is 5.32 Å². The molecular formula is C23H35IN6. The molecule has 2 atom stereocenters. The molecule has 1 N–H and O–H groups in total. The van der Waals surface area contributed by atoms with E-state index >= 15 is 0 Å². The van der Waals surface area contributed by atoms with E-state index < -0.39 is 0 Å². The van der Waals surface area contributed by atoms with Crippen LogP contribution in [-0.4, -0.2) is 65.1 Å². The number of imidazole rings is 1. The highest BCUT2D eigenvalue weighted by molar-refractivity contribution is 14.0. The second-order valence-electron chi connectivity index (χ2n) is 8.41. The minimum Gasteiger partial charge on any atom is -0.356 e. The van der Waals surface area contributed by atoms with Crippen molar-refractivity contribution in [2.75, 3.05) is 39.8 Å². The molecule has 30 heavy (non-hydrogen) atoms. The monoisotopic (exact) mass is 522 g/mol. The molecule has 7 heteroatoms. The number of aliphatic imine (C=N–C) groups is 1. The van der Waals surface area contributed by atoms with Crippen LogP contribution >= 0.6 is 24.0 Å². The Morgan fingerprint density at radius 3 is 2.83 bits per heavy atom. The van der Waals surface area contributed by atoms with Crippen LogP contribution in [0.3, 0.4) is 0 Å². The van der Waals surface area contributed by atoms with Crippen molar-refractivity contribution in [3.8, 4) is 0 Å². The third-order valence-corrected chi connectivity index (χ3v) is 6.48. The highest BCUT2D eigenvalue weighted by Crippen LogP contribution is 2.27. The van der Waals surface area contributed by atoms with Gasteiger partial charge >= 0.3 is 0 Å². The maximum atomic E-state index is 4.56. The maximum absolute atomic E-state index is 4.56. The summed E-state index contributed by atoms with van der Waals surface area (Å²) < 4.78 is 2.25. The van der Waals surface area contributed by atoms with Gasteiger partial charge in [0.25, 0.3) is 0 Å². The second kappa shape index (κ2) is 11.1. The predicted molar refractivity (Wildman–Crippen MR) is 133 cm³/mol. The number of rotatable bonds is 5. The Bertz CT molecular complexity index is 806. The molecule has 0 bridgehead atoms. The van der Waals surface area contributed by atoms with Crippen molar-refractivity contribution in [2.45, 2.75) is 38.8 Å². The lowest BCUT2D eigenvalue weighted by molar-refractivity contribution is 0.188. The molecule has 4 rings (SSSR count). The molecule has 2 unspecified atom stereocenters. The van der Waals surface area contributed by atoms with Crippen molar-refractivity contribution >= 4 is 29.9 Å². The van der Waals surface area contributed by atoms with Crippen LogP contribution in [0.4, 0.5) is 0 Å². The summed E-state index contributed by atoms with van der Waals surface area (Å²) in [6.07, 6.45) is 9.38. The third kappa shape index (κ3) is 5.55. The van der Waals surface area contributed by atoms with E-state index in [0.717, 1.165) is 45.1 Å². The smallest absolute Gasteiger partial charge is 0.193 e. The van der Waals surface area contributed by atoms with Gasteiger partial charge in [0.1, 0.15) is 0 Å². The van der Waals surface area contributed by atoms with Gasteiger partial charge in [-0.05, 0) is 36.3 Å². The molecular weight excluding hydrogens is 487 g/mol. The molecule has 1 saturated heterocycles. The Kier molecular flexibility index (Phi) is 8.56. The first kappa shape index (κ1) is 23.1. The molecule has 0 amide bonds. The minimum atomic E-state index is 0. The first-order valence-electron chi connectivity index (χ1n) is 11.0. The Balaban J connectivity index is 0.00000256. The van der Waals surface area contributed by atoms with Crippen LogP contribution in [0.15, 0.2) is 48.0 Å². The SMILES string of the molecule is CN=C(NCCCN1CCc2ccccc2C1)N1CCC(C)C(n2ccnc2)C1.I. The van der Waals surface area contributed by atoms with Crippen molar-refractivity contribution < 1.29 is 0 Å². The van der Waals surface area contributed by atoms with Crippen molar-refractivity contribution in [1.82, 2.24) is 24.7 Å². The fourth-order valence-corrected chi connectivity index (χ4v) is 4.68. The average molecular weight is 522 g/mol. The van der Waals surface area contributed by atoms with Crippen molar-refractivity contribution in [1.29, 1.82) is 0 Å². The molecule has 0 saturated carbocycles. The third-order valence-electron chi connectivity index (χ3n) is 6.48. The number of benzene rings is 1. The summed E-state index contributed by atoms with van der Waals surface area (Å²) in [5, 5.41) is 3.60. The average Bonchev–Trinajstić information content (AvgIpc) is 3.29. The number of hydrogen-bond donors (Lipinski definition) is 1. The van der Waals surface area contributed by atoms with Gasteiger partial charge in [-0.1, -0.05) is 31.2 Å². The first-order chi connectivity index (χ1) is 14.2. The molecule has 2 aliphatic rings. The number of halogens is 1. The molecule has 6 nitrogen and oxygen atoms in total. The quantitative estimate of drug-likeness (QED) is 0.283. The molecule has 164 valence electrons. The van der Waals surface area contributed by atoms with Crippen molar-refractivity contribution in [3.63, 3.8) is 0 Å². The molecule has 2 aromatic rings. The maximum Gasteiger partial charge on any atom is 0.193 e. The summed E-state index contributed by atoms with van der Waals surface area (Å²) >= 11 is 0. The molecule has 1 aromatic heterocycles. The lowest BCUT2D eigenvalue weighted by Gasteiger charge is -2.39. The molecule has 0 spiro atoms. The predicted octanol–water partition coefficient (Wildman–Crippen LogP) is 3.41. The fraction of sp³-hybridized carbons (Fsp3) is 0.565. The number of guanidine groups is 1. The van der Waals surface area contributed by atoms with E-state index in [1.54, 1.807) is 0 Å². The largest absolute Gasteiger partial charge is 0.356 e. The number of nitrogens with one attached hydrogen (secondary N) is 1. The van der Waals surface area contributed by atoms with Crippen LogP contribution in [0.2, 0.25) is 0 Å². The lowest BCUT2D eigenvalue weighted by Crippen LogP contribution is -2.49. The van der Waals surface area contributed by atoms with Crippen LogP contribution in [-0.2, 0) is 13.0 Å². The second-order valence-corrected chi connectivity index (χ2v) is 8.41. The zero-order valence-electron chi connectivity index (χ0n) is 18.2. The summed E-state index contributed by atoms with van der Waals surface area (Å²) in [6.45, 7) is 8.74. The number of aromatic nitrogens is 2. The molecule has 0 radical (unpaired) electrons. The normalized spacial score (nSPS) is 22.3. The van der Waals surface area contributed by atoms with E-state index in [1.165, 1.54) is 30.5 Å². The molecule has 2 aliphatic heterocycles. The fourth-order valence-electron chi connectivity index (χ4n) is 4.68. The van der Waals surface area contributed by atoms with Crippen LogP contribution in [0.25, 0.3) is 0 Å². The van der Waals surface area contributed by atoms with E-state index in [-0.39, 0.29) is 24.0 Å². The van der Waals surface area contributed by atoms with Gasteiger partial charge < -0.3 is 14.8 Å². The van der Waals surface area contributed by atoms with Gasteiger partial charge in [-0.3, -0.25) is 9.89 Å². The number of nitrogens with zero attached hydrogens (tertiary/aromatic N) is 5. The van der Waals surface area contributed by atoms with E-state index in [4.69, 9.17) is 0 Å². The Morgan fingerprint density at radius 1 is 1.23 bits per heavy atom. The van der Waals surface area contributed by atoms with Gasteiger partial charge in [-0.2, -0.15) is 0 Å². The Hall–Kier alpha value is -1.61. The lowest BCUT2D eigenvalue weighted by atomic mass is 9.93. The van der Waals surface area contributed by atoms with Crippen LogP contribution in [0, 0.1) is 5.92 Å². The van der Waals surface area contributed by atoms with E-state index in [2.05, 4.69) is 67.0 Å². The van der Waals surface area contributed by atoms with E-state index in [1.807, 2.05) is 19.6 Å². The Morgan fingerprint density at radius 2 is 2.07 bits per heavy atom. The molecule has 0 aliphatic carbocycles. The summed E-state index contributed by atoms with van der Waals surface area (Å²) in [4.78, 5) is 13.8.